The lowest BCUT2D eigenvalue weighted by Crippen LogP contribution is -2.40. The van der Waals surface area contributed by atoms with Crippen LogP contribution < -0.4 is 10.2 Å². The van der Waals surface area contributed by atoms with Crippen LogP contribution in [0.4, 0.5) is 5.69 Å². The number of likely N-dealkylation sites (N-methyl/N-ethyl adjacent to an activating group) is 1. The first-order chi connectivity index (χ1) is 8.85. The maximum atomic E-state index is 3.46. The quantitative estimate of drug-likeness (QED) is 0.858. The number of hydrogen-bond donors (Lipinski definition) is 1. The fourth-order valence-corrected chi connectivity index (χ4v) is 2.90. The lowest BCUT2D eigenvalue weighted by atomic mass is 10.1. The molecule has 100 valence electrons. The minimum absolute atomic E-state index is 0.612. The fourth-order valence-electron chi connectivity index (χ4n) is 2.90. The average molecular weight is 246 g/mol. The third-order valence-corrected chi connectivity index (χ3v) is 3.94. The van der Waals surface area contributed by atoms with E-state index >= 15 is 0 Å². The lowest BCUT2D eigenvalue weighted by molar-refractivity contribution is 0.503. The van der Waals surface area contributed by atoms with E-state index in [0.717, 1.165) is 6.54 Å². The number of rotatable bonds is 5. The first-order valence-corrected chi connectivity index (χ1v) is 7.35. The molecule has 1 unspecified atom stereocenters. The van der Waals surface area contributed by atoms with Crippen LogP contribution in [0.5, 0.6) is 0 Å². The summed E-state index contributed by atoms with van der Waals surface area (Å²) >= 11 is 0. The van der Waals surface area contributed by atoms with Crippen LogP contribution in [0.15, 0.2) is 24.3 Å². The van der Waals surface area contributed by atoms with Gasteiger partial charge in [0.25, 0.3) is 0 Å². The van der Waals surface area contributed by atoms with Gasteiger partial charge in [-0.05, 0) is 44.4 Å². The molecule has 0 saturated carbocycles. The number of nitrogens with one attached hydrogen (secondary N) is 1. The number of fused-ring (bicyclic) bond motifs is 1. The Hall–Kier alpha value is -1.02. The summed E-state index contributed by atoms with van der Waals surface area (Å²) in [6.07, 6.45) is 6.39. The molecule has 1 aromatic rings. The highest BCUT2D eigenvalue weighted by Gasteiger charge is 2.17. The Balaban J connectivity index is 2.12. The van der Waals surface area contributed by atoms with Gasteiger partial charge in [-0.15, -0.1) is 0 Å². The first-order valence-electron chi connectivity index (χ1n) is 7.35. The molecule has 1 aromatic carbocycles. The van der Waals surface area contributed by atoms with E-state index in [-0.39, 0.29) is 0 Å². The number of aryl methyl sites for hydroxylation is 1. The molecule has 1 atom stereocenters. The van der Waals surface area contributed by atoms with Crippen LogP contribution in [-0.4, -0.2) is 26.2 Å². The Morgan fingerprint density at radius 2 is 2.11 bits per heavy atom. The molecule has 1 aliphatic heterocycles. The third-order valence-electron chi connectivity index (χ3n) is 3.94. The summed E-state index contributed by atoms with van der Waals surface area (Å²) in [5, 5.41) is 3.46. The highest BCUT2D eigenvalue weighted by atomic mass is 15.2. The number of para-hydroxylation sites is 1. The molecule has 0 spiro atoms. The van der Waals surface area contributed by atoms with Crippen LogP contribution in [0, 0.1) is 0 Å². The Morgan fingerprint density at radius 1 is 1.28 bits per heavy atom. The van der Waals surface area contributed by atoms with Crippen LogP contribution in [0.1, 0.15) is 38.2 Å². The number of benzene rings is 1. The summed E-state index contributed by atoms with van der Waals surface area (Å²) in [5.74, 6) is 0. The summed E-state index contributed by atoms with van der Waals surface area (Å²) < 4.78 is 0. The SMILES string of the molecule is CCCC(CN1CCCCc2ccccc21)NC. The number of hydrogen-bond acceptors (Lipinski definition) is 2. The van der Waals surface area contributed by atoms with Gasteiger partial charge in [0.1, 0.15) is 0 Å². The van der Waals surface area contributed by atoms with Gasteiger partial charge in [0.05, 0.1) is 0 Å². The van der Waals surface area contributed by atoms with Crippen LogP contribution in [-0.2, 0) is 6.42 Å². The summed E-state index contributed by atoms with van der Waals surface area (Å²) in [6, 6.07) is 9.54. The first kappa shape index (κ1) is 13.4. The topological polar surface area (TPSA) is 15.3 Å². The van der Waals surface area contributed by atoms with Gasteiger partial charge in [0, 0.05) is 24.8 Å². The van der Waals surface area contributed by atoms with Gasteiger partial charge in [-0.1, -0.05) is 31.5 Å². The van der Waals surface area contributed by atoms with E-state index in [9.17, 15) is 0 Å². The van der Waals surface area contributed by atoms with Crippen molar-refractivity contribution in [3.8, 4) is 0 Å². The van der Waals surface area contributed by atoms with Gasteiger partial charge >= 0.3 is 0 Å². The Labute approximate surface area is 111 Å². The standard InChI is InChI=1S/C16H26N2/c1-3-8-15(17-2)13-18-12-7-6-10-14-9-4-5-11-16(14)18/h4-5,9,11,15,17H,3,6-8,10,12-13H2,1-2H3. The van der Waals surface area contributed by atoms with Crippen molar-refractivity contribution in [3.63, 3.8) is 0 Å². The molecule has 1 N–H and O–H groups in total. The zero-order chi connectivity index (χ0) is 12.8. The third kappa shape index (κ3) is 3.26. The summed E-state index contributed by atoms with van der Waals surface area (Å²) in [5.41, 5.74) is 2.99. The molecule has 2 rings (SSSR count). The summed E-state index contributed by atoms with van der Waals surface area (Å²) in [4.78, 5) is 2.58. The number of nitrogens with zero attached hydrogens (tertiary/aromatic N) is 1. The van der Waals surface area contributed by atoms with Gasteiger partial charge in [0.2, 0.25) is 0 Å². The van der Waals surface area contributed by atoms with Gasteiger partial charge in [-0.3, -0.25) is 0 Å². The van der Waals surface area contributed by atoms with Crippen LogP contribution in [0.3, 0.4) is 0 Å². The van der Waals surface area contributed by atoms with Crippen LogP contribution in [0.2, 0.25) is 0 Å². The van der Waals surface area contributed by atoms with Crippen molar-refractivity contribution in [1.29, 1.82) is 0 Å². The summed E-state index contributed by atoms with van der Waals surface area (Å²) in [7, 11) is 2.09. The maximum Gasteiger partial charge on any atom is 0.0399 e. The van der Waals surface area contributed by atoms with E-state index < -0.39 is 0 Å². The van der Waals surface area contributed by atoms with Gasteiger partial charge in [-0.2, -0.15) is 0 Å². The molecule has 18 heavy (non-hydrogen) atoms. The normalized spacial score (nSPS) is 17.1. The lowest BCUT2D eigenvalue weighted by Gasteiger charge is -2.29. The van der Waals surface area contributed by atoms with Crippen molar-refractivity contribution in [2.75, 3.05) is 25.0 Å². The second-order valence-electron chi connectivity index (χ2n) is 5.31. The van der Waals surface area contributed by atoms with E-state index in [1.54, 1.807) is 0 Å². The van der Waals surface area contributed by atoms with Crippen molar-refractivity contribution in [3.05, 3.63) is 29.8 Å². The molecule has 0 aliphatic carbocycles. The summed E-state index contributed by atoms with van der Waals surface area (Å²) in [6.45, 7) is 4.61. The molecule has 1 heterocycles. The fraction of sp³-hybridized carbons (Fsp3) is 0.625. The molecule has 1 aliphatic rings. The van der Waals surface area contributed by atoms with E-state index in [4.69, 9.17) is 0 Å². The predicted molar refractivity (Wildman–Crippen MR) is 79.3 cm³/mol. The predicted octanol–water partition coefficient (Wildman–Crippen LogP) is 3.22. The van der Waals surface area contributed by atoms with Crippen molar-refractivity contribution in [2.24, 2.45) is 0 Å². The monoisotopic (exact) mass is 246 g/mol. The second kappa shape index (κ2) is 6.79. The largest absolute Gasteiger partial charge is 0.370 e. The van der Waals surface area contributed by atoms with Crippen molar-refractivity contribution >= 4 is 5.69 Å². The zero-order valence-corrected chi connectivity index (χ0v) is 11.8. The van der Waals surface area contributed by atoms with Crippen molar-refractivity contribution < 1.29 is 0 Å². The molecular formula is C16H26N2. The van der Waals surface area contributed by atoms with Crippen molar-refractivity contribution in [1.82, 2.24) is 5.32 Å². The van der Waals surface area contributed by atoms with E-state index in [1.807, 2.05) is 0 Å². The Kier molecular flexibility index (Phi) is 5.06. The van der Waals surface area contributed by atoms with Gasteiger partial charge in [-0.25, -0.2) is 0 Å². The van der Waals surface area contributed by atoms with Crippen LogP contribution in [0.25, 0.3) is 0 Å². The molecular weight excluding hydrogens is 220 g/mol. The molecule has 2 heteroatoms. The van der Waals surface area contributed by atoms with E-state index in [2.05, 4.69) is 48.5 Å². The average Bonchev–Trinajstić information content (AvgIpc) is 2.61. The highest BCUT2D eigenvalue weighted by molar-refractivity contribution is 5.54. The van der Waals surface area contributed by atoms with Gasteiger partial charge < -0.3 is 10.2 Å². The smallest absolute Gasteiger partial charge is 0.0399 e. The molecule has 0 bridgehead atoms. The minimum atomic E-state index is 0.612. The van der Waals surface area contributed by atoms with Crippen molar-refractivity contribution in [2.45, 2.75) is 45.1 Å². The minimum Gasteiger partial charge on any atom is -0.370 e. The molecule has 0 radical (unpaired) electrons. The second-order valence-corrected chi connectivity index (χ2v) is 5.31. The zero-order valence-electron chi connectivity index (χ0n) is 11.8. The van der Waals surface area contributed by atoms with Gasteiger partial charge in [0.15, 0.2) is 0 Å². The Bertz CT molecular complexity index is 362. The van der Waals surface area contributed by atoms with E-state index in [0.29, 0.717) is 6.04 Å². The maximum absolute atomic E-state index is 3.46. The molecule has 0 aromatic heterocycles. The molecule has 0 amide bonds. The Morgan fingerprint density at radius 3 is 2.89 bits per heavy atom. The molecule has 2 nitrogen and oxygen atoms in total. The molecule has 0 saturated heterocycles. The molecule has 0 fully saturated rings. The highest BCUT2D eigenvalue weighted by Crippen LogP contribution is 2.26. The van der Waals surface area contributed by atoms with E-state index in [1.165, 1.54) is 49.9 Å². The number of anilines is 1. The van der Waals surface area contributed by atoms with Crippen LogP contribution >= 0.6 is 0 Å².